The molecule has 18 heavy (non-hydrogen) atoms. The van der Waals surface area contributed by atoms with Crippen molar-refractivity contribution in [2.24, 2.45) is 0 Å². The van der Waals surface area contributed by atoms with Crippen molar-refractivity contribution in [3.05, 3.63) is 35.1 Å². The molecule has 0 saturated carbocycles. The quantitative estimate of drug-likeness (QED) is 0.873. The number of carbonyl (C=O) groups is 1. The molecule has 1 heterocycles. The normalized spacial score (nSPS) is 27.4. The van der Waals surface area contributed by atoms with Gasteiger partial charge in [-0.15, -0.1) is 0 Å². The topological polar surface area (TPSA) is 40.5 Å². The van der Waals surface area contributed by atoms with E-state index >= 15 is 0 Å². The van der Waals surface area contributed by atoms with E-state index in [9.17, 15) is 14.3 Å². The Hall–Kier alpha value is -1.42. The number of carboxylic acids is 1. The van der Waals surface area contributed by atoms with Crippen molar-refractivity contribution in [3.8, 4) is 0 Å². The van der Waals surface area contributed by atoms with E-state index in [1.165, 1.54) is 12.1 Å². The largest absolute Gasteiger partial charge is 0.480 e. The zero-order valence-corrected chi connectivity index (χ0v) is 10.2. The third-order valence-corrected chi connectivity index (χ3v) is 4.27. The third-order valence-electron chi connectivity index (χ3n) is 4.27. The van der Waals surface area contributed by atoms with Gasteiger partial charge in [0, 0.05) is 0 Å². The molecule has 0 aromatic heterocycles. The monoisotopic (exact) mass is 249 g/mol. The van der Waals surface area contributed by atoms with E-state index in [1.54, 1.807) is 6.07 Å². The number of hydrogen-bond acceptors (Lipinski definition) is 2. The number of halogens is 1. The summed E-state index contributed by atoms with van der Waals surface area (Å²) in [5.41, 5.74) is 0.724. The van der Waals surface area contributed by atoms with Crippen LogP contribution in [0.15, 0.2) is 18.2 Å². The van der Waals surface area contributed by atoms with Crippen molar-refractivity contribution < 1.29 is 14.3 Å². The van der Waals surface area contributed by atoms with Gasteiger partial charge in [0.15, 0.2) is 0 Å². The molecule has 2 aliphatic rings. The fourth-order valence-electron chi connectivity index (χ4n) is 3.41. The lowest BCUT2D eigenvalue weighted by Crippen LogP contribution is -2.49. The van der Waals surface area contributed by atoms with Gasteiger partial charge in [0.25, 0.3) is 0 Å². The van der Waals surface area contributed by atoms with Crippen molar-refractivity contribution in [3.63, 3.8) is 0 Å². The number of likely N-dealkylation sites (tertiary alicyclic amines) is 1. The molecule has 96 valence electrons. The number of carboxylic acid groups (broad SMARTS) is 1. The Bertz CT molecular complexity index is 497. The Balaban J connectivity index is 2.11. The summed E-state index contributed by atoms with van der Waals surface area (Å²) in [6.07, 6.45) is 3.30. The number of aliphatic carboxylic acids is 1. The first-order valence-corrected chi connectivity index (χ1v) is 6.42. The molecule has 1 aromatic carbocycles. The Morgan fingerprint density at radius 1 is 1.33 bits per heavy atom. The minimum Gasteiger partial charge on any atom is -0.480 e. The molecule has 0 spiro atoms. The molecule has 1 aliphatic heterocycles. The van der Waals surface area contributed by atoms with Crippen LogP contribution in [0.5, 0.6) is 0 Å². The molecule has 1 fully saturated rings. The average Bonchev–Trinajstić information content (AvgIpc) is 2.94. The van der Waals surface area contributed by atoms with Crippen LogP contribution in [-0.2, 0) is 16.8 Å². The van der Waals surface area contributed by atoms with Crippen molar-refractivity contribution in [2.45, 2.75) is 31.2 Å². The van der Waals surface area contributed by atoms with Gasteiger partial charge in [-0.1, -0.05) is 6.07 Å². The highest BCUT2D eigenvalue weighted by atomic mass is 19.1. The molecule has 1 aromatic rings. The SMILES string of the molecule is O=C(O)C1(N2CCCC2)CCc2cc(F)ccc21. The van der Waals surface area contributed by atoms with Crippen LogP contribution < -0.4 is 0 Å². The van der Waals surface area contributed by atoms with E-state index in [0.717, 1.165) is 37.1 Å². The van der Waals surface area contributed by atoms with E-state index in [2.05, 4.69) is 4.90 Å². The van der Waals surface area contributed by atoms with Gasteiger partial charge in [-0.25, -0.2) is 9.18 Å². The molecule has 1 N–H and O–H groups in total. The highest BCUT2D eigenvalue weighted by Gasteiger charge is 2.50. The van der Waals surface area contributed by atoms with Gasteiger partial charge in [-0.3, -0.25) is 4.90 Å². The van der Waals surface area contributed by atoms with Crippen molar-refractivity contribution >= 4 is 5.97 Å². The van der Waals surface area contributed by atoms with E-state index < -0.39 is 11.5 Å². The van der Waals surface area contributed by atoms with Crippen molar-refractivity contribution in [1.82, 2.24) is 4.90 Å². The van der Waals surface area contributed by atoms with Gasteiger partial charge >= 0.3 is 5.97 Å². The van der Waals surface area contributed by atoms with Gasteiger partial charge < -0.3 is 5.11 Å². The number of benzene rings is 1. The maximum absolute atomic E-state index is 13.2. The first-order chi connectivity index (χ1) is 8.64. The molecular formula is C14H16FNO2. The molecule has 1 unspecified atom stereocenters. The molecule has 3 rings (SSSR count). The van der Waals surface area contributed by atoms with Crippen LogP contribution in [0.1, 0.15) is 30.4 Å². The minimum absolute atomic E-state index is 0.281. The second-order valence-corrected chi connectivity index (χ2v) is 5.16. The summed E-state index contributed by atoms with van der Waals surface area (Å²) < 4.78 is 13.2. The smallest absolute Gasteiger partial charge is 0.328 e. The molecule has 0 bridgehead atoms. The van der Waals surface area contributed by atoms with Gasteiger partial charge in [0.1, 0.15) is 11.4 Å². The maximum Gasteiger partial charge on any atom is 0.328 e. The zero-order chi connectivity index (χ0) is 12.8. The fourth-order valence-corrected chi connectivity index (χ4v) is 3.41. The summed E-state index contributed by atoms with van der Waals surface area (Å²) in [5.74, 6) is -1.08. The fraction of sp³-hybridized carbons (Fsp3) is 0.500. The molecule has 1 aliphatic carbocycles. The van der Waals surface area contributed by atoms with Gasteiger partial charge in [0.2, 0.25) is 0 Å². The second-order valence-electron chi connectivity index (χ2n) is 5.16. The Morgan fingerprint density at radius 2 is 2.06 bits per heavy atom. The minimum atomic E-state index is -0.917. The molecule has 3 nitrogen and oxygen atoms in total. The first kappa shape index (κ1) is 11.7. The van der Waals surface area contributed by atoms with E-state index in [1.807, 2.05) is 0 Å². The second kappa shape index (κ2) is 4.05. The van der Waals surface area contributed by atoms with Crippen LogP contribution in [0.25, 0.3) is 0 Å². The lowest BCUT2D eigenvalue weighted by atomic mass is 9.90. The molecular weight excluding hydrogens is 233 g/mol. The summed E-state index contributed by atoms with van der Waals surface area (Å²) in [4.78, 5) is 13.9. The highest BCUT2D eigenvalue weighted by molar-refractivity contribution is 5.82. The number of fused-ring (bicyclic) bond motifs is 1. The van der Waals surface area contributed by atoms with Crippen molar-refractivity contribution in [2.75, 3.05) is 13.1 Å². The van der Waals surface area contributed by atoms with Crippen LogP contribution in [0.4, 0.5) is 4.39 Å². The molecule has 0 amide bonds. The average molecular weight is 249 g/mol. The maximum atomic E-state index is 13.2. The molecule has 1 atom stereocenters. The molecule has 1 saturated heterocycles. The third kappa shape index (κ3) is 1.48. The number of rotatable bonds is 2. The Kier molecular flexibility index (Phi) is 2.63. The first-order valence-electron chi connectivity index (χ1n) is 6.42. The highest BCUT2D eigenvalue weighted by Crippen LogP contribution is 2.43. The predicted molar refractivity (Wildman–Crippen MR) is 64.8 cm³/mol. The lowest BCUT2D eigenvalue weighted by molar-refractivity contribution is -0.151. The number of nitrogens with zero attached hydrogens (tertiary/aromatic N) is 1. The number of aryl methyl sites for hydroxylation is 1. The van der Waals surface area contributed by atoms with E-state index in [-0.39, 0.29) is 5.82 Å². The van der Waals surface area contributed by atoms with Crippen LogP contribution in [-0.4, -0.2) is 29.1 Å². The van der Waals surface area contributed by atoms with Crippen LogP contribution in [0, 0.1) is 5.82 Å². The summed E-state index contributed by atoms with van der Waals surface area (Å²) in [7, 11) is 0. The summed E-state index contributed by atoms with van der Waals surface area (Å²) in [6, 6.07) is 4.51. The summed E-state index contributed by atoms with van der Waals surface area (Å²) in [6.45, 7) is 1.65. The summed E-state index contributed by atoms with van der Waals surface area (Å²) in [5, 5.41) is 9.70. The van der Waals surface area contributed by atoms with E-state index in [4.69, 9.17) is 0 Å². The number of hydrogen-bond donors (Lipinski definition) is 1. The van der Waals surface area contributed by atoms with E-state index in [0.29, 0.717) is 12.8 Å². The Morgan fingerprint density at radius 3 is 2.72 bits per heavy atom. The molecule has 0 radical (unpaired) electrons. The van der Waals surface area contributed by atoms with Gasteiger partial charge in [-0.05, 0) is 62.0 Å². The standard InChI is InChI=1S/C14H16FNO2/c15-11-3-4-12-10(9-11)5-6-14(12,13(17)18)16-7-1-2-8-16/h3-4,9H,1-2,5-8H2,(H,17,18). The molecule has 4 heteroatoms. The van der Waals surface area contributed by atoms with Crippen molar-refractivity contribution in [1.29, 1.82) is 0 Å². The van der Waals surface area contributed by atoms with Crippen LogP contribution >= 0.6 is 0 Å². The lowest BCUT2D eigenvalue weighted by Gasteiger charge is -2.35. The van der Waals surface area contributed by atoms with Gasteiger partial charge in [0.05, 0.1) is 0 Å². The van der Waals surface area contributed by atoms with Crippen LogP contribution in [0.3, 0.4) is 0 Å². The summed E-state index contributed by atoms with van der Waals surface area (Å²) >= 11 is 0. The Labute approximate surface area is 105 Å². The zero-order valence-electron chi connectivity index (χ0n) is 10.2. The van der Waals surface area contributed by atoms with Crippen LogP contribution in [0.2, 0.25) is 0 Å². The van der Waals surface area contributed by atoms with Gasteiger partial charge in [-0.2, -0.15) is 0 Å². The predicted octanol–water partition coefficient (Wildman–Crippen LogP) is 2.15.